The van der Waals surface area contributed by atoms with Crippen molar-refractivity contribution in [1.29, 1.82) is 0 Å². The molecule has 0 radical (unpaired) electrons. The van der Waals surface area contributed by atoms with E-state index in [4.69, 9.17) is 5.11 Å². The number of carbonyl (C=O) groups is 1. The minimum Gasteiger partial charge on any atom is -0.384 e. The molecule has 0 aromatic heterocycles. The zero-order chi connectivity index (χ0) is 15.4. The Morgan fingerprint density at radius 2 is 2.14 bits per heavy atom. The largest absolute Gasteiger partial charge is 0.384 e. The molecule has 1 aromatic rings. The number of hydrogen-bond acceptors (Lipinski definition) is 2. The van der Waals surface area contributed by atoms with Crippen LogP contribution in [-0.4, -0.2) is 35.1 Å². The second kappa shape index (κ2) is 6.78. The first kappa shape index (κ1) is 15.6. The Balaban J connectivity index is 2.28. The van der Waals surface area contributed by atoms with Crippen molar-refractivity contribution in [2.75, 3.05) is 13.2 Å². The van der Waals surface area contributed by atoms with Gasteiger partial charge in [0.2, 0.25) is 0 Å². The fourth-order valence-corrected chi connectivity index (χ4v) is 2.40. The molecule has 0 heterocycles. The van der Waals surface area contributed by atoms with E-state index in [1.165, 1.54) is 12.8 Å². The zero-order valence-electron chi connectivity index (χ0n) is 13.0. The summed E-state index contributed by atoms with van der Waals surface area (Å²) in [6.07, 6.45) is 2.47. The lowest BCUT2D eigenvalue weighted by Gasteiger charge is -2.27. The molecule has 1 aromatic carbocycles. The Kier molecular flexibility index (Phi) is 5.03. The third-order valence-electron chi connectivity index (χ3n) is 3.90. The third-order valence-corrected chi connectivity index (χ3v) is 3.90. The highest BCUT2D eigenvalue weighted by molar-refractivity contribution is 5.96. The molecule has 2 rings (SSSR count). The second-order valence-corrected chi connectivity index (χ2v) is 5.93. The van der Waals surface area contributed by atoms with Crippen LogP contribution in [0.3, 0.4) is 0 Å². The number of aliphatic hydroxyl groups is 1. The lowest BCUT2D eigenvalue weighted by molar-refractivity contribution is 0.0695. The third kappa shape index (κ3) is 3.86. The first-order valence-corrected chi connectivity index (χ1v) is 7.55. The van der Waals surface area contributed by atoms with E-state index in [2.05, 4.69) is 25.7 Å². The number of hydrogen-bond donors (Lipinski definition) is 1. The minimum absolute atomic E-state index is 0.0852. The van der Waals surface area contributed by atoms with Gasteiger partial charge >= 0.3 is 0 Å². The van der Waals surface area contributed by atoms with Gasteiger partial charge in [-0.15, -0.1) is 0 Å². The van der Waals surface area contributed by atoms with E-state index in [1.807, 2.05) is 30.0 Å². The summed E-state index contributed by atoms with van der Waals surface area (Å²) < 4.78 is 0. The van der Waals surface area contributed by atoms with Crippen molar-refractivity contribution in [3.8, 4) is 11.8 Å². The first-order chi connectivity index (χ1) is 10.0. The molecule has 1 fully saturated rings. The van der Waals surface area contributed by atoms with Gasteiger partial charge in [-0.25, -0.2) is 0 Å². The van der Waals surface area contributed by atoms with Crippen molar-refractivity contribution >= 4 is 5.91 Å². The molecule has 3 heteroatoms. The Morgan fingerprint density at radius 1 is 1.43 bits per heavy atom. The van der Waals surface area contributed by atoms with Crippen LogP contribution in [0.4, 0.5) is 0 Å². The van der Waals surface area contributed by atoms with E-state index in [-0.39, 0.29) is 18.6 Å². The van der Waals surface area contributed by atoms with Crippen molar-refractivity contribution in [3.63, 3.8) is 0 Å². The van der Waals surface area contributed by atoms with Crippen molar-refractivity contribution in [2.24, 2.45) is 5.92 Å². The van der Waals surface area contributed by atoms with Crippen LogP contribution in [0.2, 0.25) is 0 Å². The van der Waals surface area contributed by atoms with Gasteiger partial charge in [-0.05, 0) is 57.2 Å². The Labute approximate surface area is 127 Å². The van der Waals surface area contributed by atoms with Gasteiger partial charge in [-0.2, -0.15) is 0 Å². The van der Waals surface area contributed by atoms with E-state index in [0.29, 0.717) is 11.5 Å². The van der Waals surface area contributed by atoms with Crippen LogP contribution >= 0.6 is 0 Å². The number of aliphatic hydroxyl groups excluding tert-OH is 1. The maximum atomic E-state index is 12.8. The molecule has 1 aliphatic carbocycles. The minimum atomic E-state index is -0.169. The molecule has 1 aliphatic rings. The second-order valence-electron chi connectivity index (χ2n) is 5.93. The Bertz CT molecular complexity index is 577. The summed E-state index contributed by atoms with van der Waals surface area (Å²) in [7, 11) is 0. The van der Waals surface area contributed by atoms with Gasteiger partial charge in [0, 0.05) is 23.7 Å². The molecule has 0 saturated heterocycles. The first-order valence-electron chi connectivity index (χ1n) is 7.55. The molecule has 0 unspecified atom stereocenters. The topological polar surface area (TPSA) is 40.5 Å². The maximum Gasteiger partial charge on any atom is 0.254 e. The maximum absolute atomic E-state index is 12.8. The molecule has 0 bridgehead atoms. The Hall–Kier alpha value is -1.79. The summed E-state index contributed by atoms with van der Waals surface area (Å²) in [5, 5.41) is 8.82. The molecule has 112 valence electrons. The lowest BCUT2D eigenvalue weighted by Crippen LogP contribution is -2.38. The summed E-state index contributed by atoms with van der Waals surface area (Å²) in [6.45, 7) is 6.72. The standard InChI is InChI=1S/C18H23NO2/c1-13(2)19(12-15-9-10-15)18(21)17-8-4-6-16(14(17)3)7-5-11-20/h4,6,8,13,15,20H,9-12H2,1-3H3. The molecule has 0 aliphatic heterocycles. The monoisotopic (exact) mass is 285 g/mol. The fourth-order valence-electron chi connectivity index (χ4n) is 2.40. The van der Waals surface area contributed by atoms with Gasteiger partial charge in [-0.1, -0.05) is 17.9 Å². The van der Waals surface area contributed by atoms with E-state index in [1.54, 1.807) is 0 Å². The van der Waals surface area contributed by atoms with Gasteiger partial charge in [0.1, 0.15) is 6.61 Å². The van der Waals surface area contributed by atoms with Crippen LogP contribution < -0.4 is 0 Å². The summed E-state index contributed by atoms with van der Waals surface area (Å²) in [5.41, 5.74) is 2.42. The van der Waals surface area contributed by atoms with Crippen molar-refractivity contribution in [1.82, 2.24) is 4.90 Å². The van der Waals surface area contributed by atoms with E-state index >= 15 is 0 Å². The van der Waals surface area contributed by atoms with Crippen molar-refractivity contribution < 1.29 is 9.90 Å². The Morgan fingerprint density at radius 3 is 2.71 bits per heavy atom. The predicted octanol–water partition coefficient (Wildman–Crippen LogP) is 2.60. The molecule has 3 nitrogen and oxygen atoms in total. The van der Waals surface area contributed by atoms with Crippen LogP contribution in [0.25, 0.3) is 0 Å². The number of benzene rings is 1. The highest BCUT2D eigenvalue weighted by atomic mass is 16.2. The van der Waals surface area contributed by atoms with Crippen molar-refractivity contribution in [3.05, 3.63) is 34.9 Å². The van der Waals surface area contributed by atoms with Crippen LogP contribution in [-0.2, 0) is 0 Å². The van der Waals surface area contributed by atoms with Crippen LogP contribution in [0.5, 0.6) is 0 Å². The van der Waals surface area contributed by atoms with Gasteiger partial charge < -0.3 is 10.0 Å². The predicted molar refractivity (Wildman–Crippen MR) is 84.0 cm³/mol. The zero-order valence-corrected chi connectivity index (χ0v) is 13.0. The molecular weight excluding hydrogens is 262 g/mol. The lowest BCUT2D eigenvalue weighted by atomic mass is 10.0. The molecular formula is C18H23NO2. The van der Waals surface area contributed by atoms with E-state index in [9.17, 15) is 4.79 Å². The van der Waals surface area contributed by atoms with Gasteiger partial charge in [0.15, 0.2) is 0 Å². The van der Waals surface area contributed by atoms with Crippen molar-refractivity contribution in [2.45, 2.75) is 39.7 Å². The number of carbonyl (C=O) groups excluding carboxylic acids is 1. The highest BCUT2D eigenvalue weighted by Gasteiger charge is 2.29. The van der Waals surface area contributed by atoms with Crippen LogP contribution in [0.15, 0.2) is 18.2 Å². The summed E-state index contributed by atoms with van der Waals surface area (Å²) >= 11 is 0. The number of nitrogens with zero attached hydrogens (tertiary/aromatic N) is 1. The van der Waals surface area contributed by atoms with E-state index in [0.717, 1.165) is 17.7 Å². The average molecular weight is 285 g/mol. The number of rotatable bonds is 4. The molecule has 0 atom stereocenters. The number of amides is 1. The fraction of sp³-hybridized carbons (Fsp3) is 0.500. The quantitative estimate of drug-likeness (QED) is 0.864. The molecule has 1 amide bonds. The molecule has 1 saturated carbocycles. The van der Waals surface area contributed by atoms with Gasteiger partial charge in [0.05, 0.1) is 0 Å². The molecule has 0 spiro atoms. The summed E-state index contributed by atoms with van der Waals surface area (Å²) in [4.78, 5) is 14.8. The SMILES string of the molecule is Cc1c(C#CCO)cccc1C(=O)N(CC1CC1)C(C)C. The highest BCUT2D eigenvalue weighted by Crippen LogP contribution is 2.31. The average Bonchev–Trinajstić information content (AvgIpc) is 3.27. The molecule has 1 N–H and O–H groups in total. The smallest absolute Gasteiger partial charge is 0.254 e. The summed E-state index contributed by atoms with van der Waals surface area (Å²) in [5.74, 6) is 6.32. The normalized spacial score (nSPS) is 13.8. The van der Waals surface area contributed by atoms with Gasteiger partial charge in [-0.3, -0.25) is 4.79 Å². The van der Waals surface area contributed by atoms with Crippen LogP contribution in [0, 0.1) is 24.7 Å². The van der Waals surface area contributed by atoms with E-state index < -0.39 is 0 Å². The summed E-state index contributed by atoms with van der Waals surface area (Å²) in [6, 6.07) is 5.81. The van der Waals surface area contributed by atoms with Gasteiger partial charge in [0.25, 0.3) is 5.91 Å². The van der Waals surface area contributed by atoms with Crippen LogP contribution in [0.1, 0.15) is 48.2 Å². The molecule has 21 heavy (non-hydrogen) atoms.